The lowest BCUT2D eigenvalue weighted by Crippen LogP contribution is -2.28. The lowest BCUT2D eigenvalue weighted by atomic mass is 10.2. The Hall–Kier alpha value is -1.60. The molecule has 0 spiro atoms. The fraction of sp³-hybridized carbons (Fsp3) is 0.353. The van der Waals surface area contributed by atoms with Gasteiger partial charge in [0.1, 0.15) is 5.75 Å². The zero-order valence-electron chi connectivity index (χ0n) is 14.2. The predicted octanol–water partition coefficient (Wildman–Crippen LogP) is 3.62. The number of thioether (sulfide) groups is 1. The maximum absolute atomic E-state index is 12.4. The highest BCUT2D eigenvalue weighted by Crippen LogP contribution is 2.24. The van der Waals surface area contributed by atoms with Gasteiger partial charge >= 0.3 is 0 Å². The third-order valence-electron chi connectivity index (χ3n) is 3.36. The Balaban J connectivity index is 1.98. The molecule has 0 saturated heterocycles. The average molecular weight is 410 g/mol. The van der Waals surface area contributed by atoms with Crippen molar-refractivity contribution in [1.29, 1.82) is 0 Å². The van der Waals surface area contributed by atoms with E-state index in [4.69, 9.17) is 4.74 Å². The summed E-state index contributed by atoms with van der Waals surface area (Å²) in [4.78, 5) is 22.7. The third-order valence-corrected chi connectivity index (χ3v) is 4.69. The van der Waals surface area contributed by atoms with Gasteiger partial charge in [-0.25, -0.2) is 9.97 Å². The van der Waals surface area contributed by atoms with Gasteiger partial charge in [-0.1, -0.05) is 27.7 Å². The molecule has 0 aliphatic rings. The van der Waals surface area contributed by atoms with Crippen LogP contribution in [0, 0.1) is 13.8 Å². The fourth-order valence-corrected chi connectivity index (χ4v) is 3.51. The second-order valence-corrected chi connectivity index (χ2v) is 7.29. The zero-order valence-corrected chi connectivity index (χ0v) is 16.6. The molecule has 24 heavy (non-hydrogen) atoms. The first kappa shape index (κ1) is 18.7. The topological polar surface area (TPSA) is 55.3 Å². The molecular weight excluding hydrogens is 390 g/mol. The molecule has 1 aromatic heterocycles. The molecule has 0 saturated carbocycles. The molecule has 0 aliphatic heterocycles. The summed E-state index contributed by atoms with van der Waals surface area (Å²) >= 11 is 4.80. The van der Waals surface area contributed by atoms with E-state index in [-0.39, 0.29) is 5.91 Å². The van der Waals surface area contributed by atoms with Crippen LogP contribution < -0.4 is 4.74 Å². The van der Waals surface area contributed by atoms with Gasteiger partial charge in [0.15, 0.2) is 5.16 Å². The van der Waals surface area contributed by atoms with Crippen molar-refractivity contribution < 1.29 is 9.53 Å². The molecule has 0 fully saturated rings. The number of benzene rings is 1. The van der Waals surface area contributed by atoms with Crippen molar-refractivity contribution in [1.82, 2.24) is 14.9 Å². The van der Waals surface area contributed by atoms with E-state index in [1.54, 1.807) is 19.1 Å². The van der Waals surface area contributed by atoms with Gasteiger partial charge in [-0.2, -0.15) is 0 Å². The summed E-state index contributed by atoms with van der Waals surface area (Å²) in [6, 6.07) is 7.67. The van der Waals surface area contributed by atoms with Crippen LogP contribution in [0.15, 0.2) is 33.9 Å². The van der Waals surface area contributed by atoms with Crippen molar-refractivity contribution in [2.45, 2.75) is 25.5 Å². The monoisotopic (exact) mass is 409 g/mol. The van der Waals surface area contributed by atoms with Gasteiger partial charge in [0.25, 0.3) is 0 Å². The number of methoxy groups -OCH3 is 1. The van der Waals surface area contributed by atoms with Crippen molar-refractivity contribution in [3.63, 3.8) is 0 Å². The first-order valence-electron chi connectivity index (χ1n) is 7.40. The van der Waals surface area contributed by atoms with Crippen molar-refractivity contribution in [3.8, 4) is 5.75 Å². The highest BCUT2D eigenvalue weighted by Gasteiger charge is 2.14. The minimum atomic E-state index is 0.0183. The van der Waals surface area contributed by atoms with Crippen LogP contribution in [0.25, 0.3) is 0 Å². The highest BCUT2D eigenvalue weighted by atomic mass is 79.9. The van der Waals surface area contributed by atoms with E-state index in [1.165, 1.54) is 11.8 Å². The standard InChI is InChI=1S/C17H20BrN3O2S/c1-11-7-12(2)20-17(19-11)24-10-16(22)21(3)9-13-8-14(18)5-6-15(13)23-4/h5-8H,9-10H2,1-4H3. The van der Waals surface area contributed by atoms with Gasteiger partial charge < -0.3 is 9.64 Å². The summed E-state index contributed by atoms with van der Waals surface area (Å²) in [6.45, 7) is 4.33. The molecular formula is C17H20BrN3O2S. The van der Waals surface area contributed by atoms with Crippen LogP contribution in [-0.4, -0.2) is 40.7 Å². The van der Waals surface area contributed by atoms with E-state index < -0.39 is 0 Å². The molecule has 0 atom stereocenters. The van der Waals surface area contributed by atoms with Crippen LogP contribution >= 0.6 is 27.7 Å². The van der Waals surface area contributed by atoms with Crippen LogP contribution in [0.1, 0.15) is 17.0 Å². The summed E-state index contributed by atoms with van der Waals surface area (Å²) in [7, 11) is 3.41. The van der Waals surface area contributed by atoms with E-state index in [0.717, 1.165) is 27.2 Å². The number of aromatic nitrogens is 2. The Morgan fingerprint density at radius 1 is 1.25 bits per heavy atom. The summed E-state index contributed by atoms with van der Waals surface area (Å²) in [6.07, 6.45) is 0. The van der Waals surface area contributed by atoms with Gasteiger partial charge in [-0.05, 0) is 38.1 Å². The predicted molar refractivity (Wildman–Crippen MR) is 99.4 cm³/mol. The maximum atomic E-state index is 12.4. The van der Waals surface area contributed by atoms with E-state index in [0.29, 0.717) is 17.5 Å². The van der Waals surface area contributed by atoms with Gasteiger partial charge in [-0.3, -0.25) is 4.79 Å². The van der Waals surface area contributed by atoms with Gasteiger partial charge in [0.05, 0.1) is 12.9 Å². The van der Waals surface area contributed by atoms with E-state index in [1.807, 2.05) is 38.1 Å². The van der Waals surface area contributed by atoms with Crippen LogP contribution in [0.3, 0.4) is 0 Å². The molecule has 1 amide bonds. The molecule has 2 rings (SSSR count). The molecule has 0 radical (unpaired) electrons. The molecule has 2 aromatic rings. The number of carbonyl (C=O) groups excluding carboxylic acids is 1. The molecule has 0 aliphatic carbocycles. The SMILES string of the molecule is COc1ccc(Br)cc1CN(C)C(=O)CSc1nc(C)cc(C)n1. The summed E-state index contributed by atoms with van der Waals surface area (Å²) < 4.78 is 6.31. The Labute approximate surface area is 155 Å². The van der Waals surface area contributed by atoms with E-state index in [9.17, 15) is 4.79 Å². The zero-order chi connectivity index (χ0) is 17.7. The first-order valence-corrected chi connectivity index (χ1v) is 9.18. The quantitative estimate of drug-likeness (QED) is 0.538. The lowest BCUT2D eigenvalue weighted by Gasteiger charge is -2.19. The van der Waals surface area contributed by atoms with Crippen molar-refractivity contribution in [2.24, 2.45) is 0 Å². The molecule has 128 valence electrons. The average Bonchev–Trinajstić information content (AvgIpc) is 2.52. The molecule has 1 aromatic carbocycles. The number of aryl methyl sites for hydroxylation is 2. The van der Waals surface area contributed by atoms with Gasteiger partial charge in [0, 0.05) is 35.0 Å². The second kappa shape index (κ2) is 8.48. The number of ether oxygens (including phenoxy) is 1. The highest BCUT2D eigenvalue weighted by molar-refractivity contribution is 9.10. The van der Waals surface area contributed by atoms with Crippen LogP contribution in [0.5, 0.6) is 5.75 Å². The molecule has 5 nitrogen and oxygen atoms in total. The van der Waals surface area contributed by atoms with Crippen LogP contribution in [0.4, 0.5) is 0 Å². The molecule has 1 heterocycles. The number of halogens is 1. The molecule has 0 bridgehead atoms. The van der Waals surface area contributed by atoms with Crippen molar-refractivity contribution in [3.05, 3.63) is 45.7 Å². The maximum Gasteiger partial charge on any atom is 0.233 e. The van der Waals surface area contributed by atoms with E-state index in [2.05, 4.69) is 25.9 Å². The van der Waals surface area contributed by atoms with Crippen LogP contribution in [-0.2, 0) is 11.3 Å². The first-order chi connectivity index (χ1) is 11.4. The Morgan fingerprint density at radius 2 is 1.92 bits per heavy atom. The molecule has 7 heteroatoms. The summed E-state index contributed by atoms with van der Waals surface area (Å²) in [5.74, 6) is 1.09. The molecule has 0 N–H and O–H groups in total. The minimum Gasteiger partial charge on any atom is -0.496 e. The lowest BCUT2D eigenvalue weighted by molar-refractivity contribution is -0.127. The van der Waals surface area contributed by atoms with Gasteiger partial charge in [-0.15, -0.1) is 0 Å². The van der Waals surface area contributed by atoms with E-state index >= 15 is 0 Å². The van der Waals surface area contributed by atoms with Crippen LogP contribution in [0.2, 0.25) is 0 Å². The Morgan fingerprint density at radius 3 is 2.54 bits per heavy atom. The van der Waals surface area contributed by atoms with Crippen molar-refractivity contribution >= 4 is 33.6 Å². The Kier molecular flexibility index (Phi) is 6.62. The largest absolute Gasteiger partial charge is 0.496 e. The number of carbonyl (C=O) groups is 1. The number of nitrogens with zero attached hydrogens (tertiary/aromatic N) is 3. The second-order valence-electron chi connectivity index (χ2n) is 5.43. The minimum absolute atomic E-state index is 0.0183. The Bertz CT molecular complexity index is 720. The smallest absolute Gasteiger partial charge is 0.233 e. The summed E-state index contributed by atoms with van der Waals surface area (Å²) in [5.41, 5.74) is 2.77. The summed E-state index contributed by atoms with van der Waals surface area (Å²) in [5, 5.41) is 0.634. The van der Waals surface area contributed by atoms with Gasteiger partial charge in [0.2, 0.25) is 5.91 Å². The number of hydrogen-bond acceptors (Lipinski definition) is 5. The number of hydrogen-bond donors (Lipinski definition) is 0. The normalized spacial score (nSPS) is 10.5. The molecule has 0 unspecified atom stereocenters. The third kappa shape index (κ3) is 5.21. The number of amides is 1. The fourth-order valence-electron chi connectivity index (χ4n) is 2.21. The van der Waals surface area contributed by atoms with Crippen molar-refractivity contribution in [2.75, 3.05) is 19.9 Å². The number of rotatable bonds is 6.